The molecule has 1 aromatic carbocycles. The number of benzene rings is 1. The molecular weight excluding hydrogens is 346 g/mol. The van der Waals surface area contributed by atoms with E-state index in [0.29, 0.717) is 12.5 Å². The molecule has 0 spiro atoms. The number of amides is 2. The Kier molecular flexibility index (Phi) is 7.55. The van der Waals surface area contributed by atoms with Crippen molar-refractivity contribution in [3.63, 3.8) is 0 Å². The third kappa shape index (κ3) is 6.53. The maximum Gasteiger partial charge on any atom is 0.273 e. The summed E-state index contributed by atoms with van der Waals surface area (Å²) in [6.07, 6.45) is 1.31. The molecule has 0 aliphatic heterocycles. The molecule has 7 nitrogen and oxygen atoms in total. The Bertz CT molecular complexity index is 741. The Hall–Kier alpha value is -2.67. The average Bonchev–Trinajstić information content (AvgIpc) is 3.08. The highest BCUT2D eigenvalue weighted by molar-refractivity contribution is 5.92. The van der Waals surface area contributed by atoms with E-state index in [1.54, 1.807) is 4.90 Å². The Morgan fingerprint density at radius 2 is 1.89 bits per heavy atom. The minimum absolute atomic E-state index is 0.00755. The SMILES string of the molecule is CC(C)NC(=O)c1coc(CN(C(=O)COCc2ccccc2)C(C)C)n1. The number of carbonyl (C=O) groups is 2. The Morgan fingerprint density at radius 3 is 2.52 bits per heavy atom. The molecule has 0 unspecified atom stereocenters. The van der Waals surface area contributed by atoms with E-state index < -0.39 is 0 Å². The number of aromatic nitrogens is 1. The van der Waals surface area contributed by atoms with Gasteiger partial charge in [-0.25, -0.2) is 4.98 Å². The van der Waals surface area contributed by atoms with Gasteiger partial charge in [0.15, 0.2) is 5.69 Å². The number of carbonyl (C=O) groups excluding carboxylic acids is 2. The molecule has 0 saturated heterocycles. The molecule has 7 heteroatoms. The fourth-order valence-corrected chi connectivity index (χ4v) is 2.44. The number of nitrogens with one attached hydrogen (secondary N) is 1. The molecular formula is C20H27N3O4. The van der Waals surface area contributed by atoms with E-state index in [9.17, 15) is 9.59 Å². The first-order valence-corrected chi connectivity index (χ1v) is 9.03. The topological polar surface area (TPSA) is 84.7 Å². The van der Waals surface area contributed by atoms with Crippen LogP contribution in [-0.4, -0.2) is 40.4 Å². The third-order valence-electron chi connectivity index (χ3n) is 3.79. The summed E-state index contributed by atoms with van der Waals surface area (Å²) in [5.74, 6) is -0.144. The summed E-state index contributed by atoms with van der Waals surface area (Å²) in [7, 11) is 0. The van der Waals surface area contributed by atoms with Crippen LogP contribution in [0.3, 0.4) is 0 Å². The van der Waals surface area contributed by atoms with Crippen LogP contribution in [0, 0.1) is 0 Å². The van der Waals surface area contributed by atoms with Gasteiger partial charge >= 0.3 is 0 Å². The Morgan fingerprint density at radius 1 is 1.19 bits per heavy atom. The average molecular weight is 373 g/mol. The van der Waals surface area contributed by atoms with Crippen LogP contribution in [-0.2, 0) is 22.7 Å². The van der Waals surface area contributed by atoms with E-state index >= 15 is 0 Å². The van der Waals surface area contributed by atoms with Crippen molar-refractivity contribution in [2.24, 2.45) is 0 Å². The molecule has 0 aliphatic rings. The summed E-state index contributed by atoms with van der Waals surface area (Å²) in [4.78, 5) is 30.3. The lowest BCUT2D eigenvalue weighted by molar-refractivity contribution is -0.139. The lowest BCUT2D eigenvalue weighted by atomic mass is 10.2. The number of ether oxygens (including phenoxy) is 1. The van der Waals surface area contributed by atoms with Crippen molar-refractivity contribution < 1.29 is 18.7 Å². The smallest absolute Gasteiger partial charge is 0.273 e. The third-order valence-corrected chi connectivity index (χ3v) is 3.79. The maximum absolute atomic E-state index is 12.5. The number of nitrogens with zero attached hydrogens (tertiary/aromatic N) is 2. The minimum Gasteiger partial charge on any atom is -0.446 e. The molecule has 0 aliphatic carbocycles. The lowest BCUT2D eigenvalue weighted by Gasteiger charge is -2.25. The quantitative estimate of drug-likeness (QED) is 0.731. The van der Waals surface area contributed by atoms with E-state index in [4.69, 9.17) is 9.15 Å². The second-order valence-corrected chi connectivity index (χ2v) is 6.85. The fraction of sp³-hybridized carbons (Fsp3) is 0.450. The molecule has 0 bridgehead atoms. The molecule has 0 fully saturated rings. The van der Waals surface area contributed by atoms with Gasteiger partial charge in [-0.05, 0) is 33.3 Å². The van der Waals surface area contributed by atoms with Gasteiger partial charge in [-0.15, -0.1) is 0 Å². The van der Waals surface area contributed by atoms with Crippen molar-refractivity contribution in [2.45, 2.75) is 52.9 Å². The normalized spacial score (nSPS) is 11.0. The zero-order valence-electron chi connectivity index (χ0n) is 16.3. The van der Waals surface area contributed by atoms with Crippen LogP contribution >= 0.6 is 0 Å². The number of hydrogen-bond acceptors (Lipinski definition) is 5. The monoisotopic (exact) mass is 373 g/mol. The van der Waals surface area contributed by atoms with Crippen molar-refractivity contribution >= 4 is 11.8 Å². The molecule has 2 aromatic rings. The van der Waals surface area contributed by atoms with Gasteiger partial charge in [0.05, 0.1) is 13.2 Å². The van der Waals surface area contributed by atoms with Crippen LogP contribution in [0.2, 0.25) is 0 Å². The van der Waals surface area contributed by atoms with Crippen LogP contribution in [0.5, 0.6) is 0 Å². The molecule has 27 heavy (non-hydrogen) atoms. The maximum atomic E-state index is 12.5. The van der Waals surface area contributed by atoms with E-state index in [-0.39, 0.29) is 42.7 Å². The second-order valence-electron chi connectivity index (χ2n) is 6.85. The van der Waals surface area contributed by atoms with Crippen LogP contribution in [0.1, 0.15) is 49.6 Å². The molecule has 1 aromatic heterocycles. The van der Waals surface area contributed by atoms with Crippen LogP contribution < -0.4 is 5.32 Å². The zero-order chi connectivity index (χ0) is 19.8. The molecule has 2 amide bonds. The minimum atomic E-state index is -0.298. The van der Waals surface area contributed by atoms with Gasteiger partial charge in [-0.3, -0.25) is 9.59 Å². The highest BCUT2D eigenvalue weighted by Gasteiger charge is 2.21. The molecule has 2 rings (SSSR count). The highest BCUT2D eigenvalue weighted by atomic mass is 16.5. The standard InChI is InChI=1S/C20H27N3O4/c1-14(2)21-20(25)17-12-27-18(22-17)10-23(15(3)4)19(24)13-26-11-16-8-6-5-7-9-16/h5-9,12,14-15H,10-11,13H2,1-4H3,(H,21,25). The molecule has 0 saturated carbocycles. The van der Waals surface area contributed by atoms with Crippen molar-refractivity contribution in [3.05, 3.63) is 53.7 Å². The Balaban J connectivity index is 1.91. The molecule has 146 valence electrons. The van der Waals surface area contributed by atoms with E-state index in [2.05, 4.69) is 10.3 Å². The summed E-state index contributed by atoms with van der Waals surface area (Å²) in [5.41, 5.74) is 1.21. The van der Waals surface area contributed by atoms with Gasteiger partial charge in [0.1, 0.15) is 12.9 Å². The summed E-state index contributed by atoms with van der Waals surface area (Å²) in [6.45, 7) is 8.07. The number of rotatable bonds is 9. The van der Waals surface area contributed by atoms with Crippen molar-refractivity contribution in [2.75, 3.05) is 6.61 Å². The summed E-state index contributed by atoms with van der Waals surface area (Å²) >= 11 is 0. The first-order chi connectivity index (χ1) is 12.9. The van der Waals surface area contributed by atoms with E-state index in [1.165, 1.54) is 6.26 Å². The molecule has 0 radical (unpaired) electrons. The van der Waals surface area contributed by atoms with Crippen LogP contribution in [0.15, 0.2) is 41.0 Å². The lowest BCUT2D eigenvalue weighted by Crippen LogP contribution is -2.39. The van der Waals surface area contributed by atoms with Gasteiger partial charge in [0.25, 0.3) is 5.91 Å². The number of hydrogen-bond donors (Lipinski definition) is 1. The first-order valence-electron chi connectivity index (χ1n) is 9.03. The number of oxazole rings is 1. The fourth-order valence-electron chi connectivity index (χ4n) is 2.44. The van der Waals surface area contributed by atoms with Gasteiger partial charge in [0.2, 0.25) is 11.8 Å². The summed E-state index contributed by atoms with van der Waals surface area (Å²) in [5, 5.41) is 2.75. The molecule has 1 N–H and O–H groups in total. The predicted octanol–water partition coefficient (Wildman–Crippen LogP) is 2.77. The largest absolute Gasteiger partial charge is 0.446 e. The molecule has 1 heterocycles. The van der Waals surface area contributed by atoms with Crippen LogP contribution in [0.25, 0.3) is 0 Å². The highest BCUT2D eigenvalue weighted by Crippen LogP contribution is 2.10. The van der Waals surface area contributed by atoms with E-state index in [0.717, 1.165) is 5.56 Å². The van der Waals surface area contributed by atoms with Crippen molar-refractivity contribution in [1.82, 2.24) is 15.2 Å². The van der Waals surface area contributed by atoms with Gasteiger partial charge in [-0.1, -0.05) is 30.3 Å². The predicted molar refractivity (Wildman–Crippen MR) is 101 cm³/mol. The second kappa shape index (κ2) is 9.87. The Labute approximate surface area is 159 Å². The van der Waals surface area contributed by atoms with Gasteiger partial charge in [0, 0.05) is 12.1 Å². The van der Waals surface area contributed by atoms with Crippen molar-refractivity contribution in [1.29, 1.82) is 0 Å². The van der Waals surface area contributed by atoms with Gasteiger partial charge < -0.3 is 19.4 Å². The summed E-state index contributed by atoms with van der Waals surface area (Å²) < 4.78 is 10.9. The molecule has 0 atom stereocenters. The summed E-state index contributed by atoms with van der Waals surface area (Å²) in [6, 6.07) is 9.63. The first kappa shape index (κ1) is 20.6. The van der Waals surface area contributed by atoms with Gasteiger partial charge in [-0.2, -0.15) is 0 Å². The zero-order valence-corrected chi connectivity index (χ0v) is 16.3. The van der Waals surface area contributed by atoms with E-state index in [1.807, 2.05) is 58.0 Å². The van der Waals surface area contributed by atoms with Crippen LogP contribution in [0.4, 0.5) is 0 Å². The van der Waals surface area contributed by atoms with Crippen molar-refractivity contribution in [3.8, 4) is 0 Å².